The molecule has 4 rings (SSSR count). The van der Waals surface area contributed by atoms with Gasteiger partial charge < -0.3 is 4.74 Å². The van der Waals surface area contributed by atoms with Gasteiger partial charge in [-0.3, -0.25) is 4.57 Å². The maximum atomic E-state index is 6.30. The van der Waals surface area contributed by atoms with Crippen LogP contribution < -0.4 is 4.74 Å². The Labute approximate surface area is 199 Å². The number of fused-ring (bicyclic) bond motifs is 1. The van der Waals surface area contributed by atoms with Crippen LogP contribution in [0.1, 0.15) is 37.8 Å². The zero-order valence-corrected chi connectivity index (χ0v) is 20.2. The first-order valence-corrected chi connectivity index (χ1v) is 11.5. The molecule has 162 valence electrons. The van der Waals surface area contributed by atoms with Crippen molar-refractivity contribution in [2.24, 2.45) is 0 Å². The highest BCUT2D eigenvalue weighted by molar-refractivity contribution is 7.98. The van der Waals surface area contributed by atoms with Gasteiger partial charge in [-0.2, -0.15) is 0 Å². The maximum Gasteiger partial charge on any atom is 0.174 e. The van der Waals surface area contributed by atoms with E-state index in [1.165, 1.54) is 11.1 Å². The van der Waals surface area contributed by atoms with Gasteiger partial charge in [0.15, 0.2) is 5.16 Å². The molecule has 0 fully saturated rings. The molecular formula is C25H26Cl2N2OS. The molecule has 3 aromatic carbocycles. The van der Waals surface area contributed by atoms with Crippen LogP contribution in [-0.4, -0.2) is 16.2 Å². The minimum absolute atomic E-state index is 0. The van der Waals surface area contributed by atoms with E-state index in [4.69, 9.17) is 21.3 Å². The Morgan fingerprint density at radius 2 is 1.71 bits per heavy atom. The molecule has 31 heavy (non-hydrogen) atoms. The molecule has 6 heteroatoms. The summed E-state index contributed by atoms with van der Waals surface area (Å²) in [7, 11) is 0. The van der Waals surface area contributed by atoms with E-state index in [9.17, 15) is 0 Å². The normalized spacial score (nSPS) is 11.0. The number of nitrogens with zero attached hydrogens (tertiary/aromatic N) is 2. The molecular weight excluding hydrogens is 447 g/mol. The summed E-state index contributed by atoms with van der Waals surface area (Å²) in [5.74, 6) is 2.26. The lowest BCUT2D eigenvalue weighted by molar-refractivity contribution is 0.340. The fourth-order valence-electron chi connectivity index (χ4n) is 3.38. The zero-order chi connectivity index (χ0) is 21.1. The monoisotopic (exact) mass is 472 g/mol. The molecule has 1 heterocycles. The van der Waals surface area contributed by atoms with E-state index in [2.05, 4.69) is 54.8 Å². The molecule has 0 radical (unpaired) electrons. The summed E-state index contributed by atoms with van der Waals surface area (Å²) < 4.78 is 7.77. The van der Waals surface area contributed by atoms with Gasteiger partial charge in [0.05, 0.1) is 17.6 Å². The fraction of sp³-hybridized carbons (Fsp3) is 0.240. The minimum atomic E-state index is 0. The van der Waals surface area contributed by atoms with Crippen molar-refractivity contribution >= 4 is 46.8 Å². The van der Waals surface area contributed by atoms with E-state index in [0.717, 1.165) is 33.4 Å². The van der Waals surface area contributed by atoms with Gasteiger partial charge in [-0.15, -0.1) is 12.4 Å². The van der Waals surface area contributed by atoms with Crippen LogP contribution in [0.25, 0.3) is 16.7 Å². The van der Waals surface area contributed by atoms with E-state index in [1.54, 1.807) is 11.8 Å². The Balaban J connectivity index is 0.00000272. The lowest BCUT2D eigenvalue weighted by Gasteiger charge is -2.11. The van der Waals surface area contributed by atoms with Gasteiger partial charge in [0.2, 0.25) is 0 Å². The second kappa shape index (κ2) is 10.4. The summed E-state index contributed by atoms with van der Waals surface area (Å²) >= 11 is 8.03. The van der Waals surface area contributed by atoms with Crippen molar-refractivity contribution in [3.63, 3.8) is 0 Å². The van der Waals surface area contributed by atoms with E-state index in [-0.39, 0.29) is 12.4 Å². The van der Waals surface area contributed by atoms with Crippen molar-refractivity contribution in [3.05, 3.63) is 82.9 Å². The minimum Gasteiger partial charge on any atom is -0.494 e. The molecule has 0 saturated heterocycles. The third-order valence-corrected chi connectivity index (χ3v) is 6.25. The number of halogens is 2. The van der Waals surface area contributed by atoms with Crippen molar-refractivity contribution in [2.75, 3.05) is 6.61 Å². The van der Waals surface area contributed by atoms with Crippen LogP contribution in [0, 0.1) is 0 Å². The van der Waals surface area contributed by atoms with Crippen LogP contribution in [-0.2, 0) is 5.75 Å². The number of imidazole rings is 1. The van der Waals surface area contributed by atoms with Crippen molar-refractivity contribution in [1.82, 2.24) is 9.55 Å². The van der Waals surface area contributed by atoms with Crippen LogP contribution in [0.2, 0.25) is 5.02 Å². The van der Waals surface area contributed by atoms with Crippen molar-refractivity contribution in [2.45, 2.75) is 37.6 Å². The van der Waals surface area contributed by atoms with Crippen LogP contribution in [0.5, 0.6) is 5.75 Å². The molecule has 0 N–H and O–H groups in total. The van der Waals surface area contributed by atoms with Gasteiger partial charge in [0, 0.05) is 16.5 Å². The van der Waals surface area contributed by atoms with E-state index >= 15 is 0 Å². The first-order valence-electron chi connectivity index (χ1n) is 10.2. The Bertz CT molecular complexity index is 1140. The third kappa shape index (κ3) is 5.38. The first-order chi connectivity index (χ1) is 14.5. The smallest absolute Gasteiger partial charge is 0.174 e. The molecule has 0 aliphatic heterocycles. The van der Waals surface area contributed by atoms with Crippen LogP contribution in [0.3, 0.4) is 0 Å². The average Bonchev–Trinajstić information content (AvgIpc) is 3.11. The van der Waals surface area contributed by atoms with Crippen molar-refractivity contribution in [3.8, 4) is 11.4 Å². The van der Waals surface area contributed by atoms with Gasteiger partial charge in [-0.25, -0.2) is 4.98 Å². The molecule has 0 spiro atoms. The summed E-state index contributed by atoms with van der Waals surface area (Å²) in [5.41, 5.74) is 5.63. The van der Waals surface area contributed by atoms with Gasteiger partial charge in [-0.05, 0) is 66.4 Å². The number of benzene rings is 3. The lowest BCUT2D eigenvalue weighted by Crippen LogP contribution is -1.98. The SMILES string of the molecule is CCOc1ccc(-n2c(SCc3ccc(C(C)C)cc3)nc3ccc(Cl)cc32)cc1.Cl. The summed E-state index contributed by atoms with van der Waals surface area (Å²) in [6.07, 6.45) is 0. The summed E-state index contributed by atoms with van der Waals surface area (Å²) in [6.45, 7) is 7.07. The van der Waals surface area contributed by atoms with E-state index < -0.39 is 0 Å². The van der Waals surface area contributed by atoms with Crippen molar-refractivity contribution in [1.29, 1.82) is 0 Å². The Hall–Kier alpha value is -2.14. The quantitative estimate of drug-likeness (QED) is 0.255. The van der Waals surface area contributed by atoms with E-state index in [0.29, 0.717) is 17.5 Å². The molecule has 0 bridgehead atoms. The highest BCUT2D eigenvalue weighted by Gasteiger charge is 2.14. The average molecular weight is 473 g/mol. The standard InChI is InChI=1S/C25H25ClN2OS.ClH/c1-4-29-22-12-10-21(11-13-22)28-24-15-20(26)9-14-23(24)27-25(28)30-16-18-5-7-19(8-6-18)17(2)3;/h5-15,17H,4,16H2,1-3H3;1H. The van der Waals surface area contributed by atoms with Crippen LogP contribution in [0.15, 0.2) is 71.9 Å². The highest BCUT2D eigenvalue weighted by atomic mass is 35.5. The van der Waals surface area contributed by atoms with E-state index in [1.807, 2.05) is 37.3 Å². The second-order valence-corrected chi connectivity index (χ2v) is 8.85. The molecule has 0 unspecified atom stereocenters. The lowest BCUT2D eigenvalue weighted by atomic mass is 10.0. The summed E-state index contributed by atoms with van der Waals surface area (Å²) in [4.78, 5) is 4.89. The molecule has 0 amide bonds. The molecule has 1 aromatic heterocycles. The molecule has 0 aliphatic rings. The number of aromatic nitrogens is 2. The number of hydrogen-bond donors (Lipinski definition) is 0. The topological polar surface area (TPSA) is 27.1 Å². The predicted molar refractivity (Wildman–Crippen MR) is 135 cm³/mol. The fourth-order valence-corrected chi connectivity index (χ4v) is 4.53. The number of thioether (sulfide) groups is 1. The second-order valence-electron chi connectivity index (χ2n) is 7.47. The Morgan fingerprint density at radius 3 is 2.35 bits per heavy atom. The van der Waals surface area contributed by atoms with Crippen LogP contribution in [0.4, 0.5) is 0 Å². The van der Waals surface area contributed by atoms with Gasteiger partial charge in [0.25, 0.3) is 0 Å². The summed E-state index contributed by atoms with van der Waals surface area (Å²) in [6, 6.07) is 22.8. The molecule has 0 saturated carbocycles. The Kier molecular flexibility index (Phi) is 7.93. The first kappa shape index (κ1) is 23.5. The number of rotatable bonds is 7. The number of ether oxygens (including phenoxy) is 1. The largest absolute Gasteiger partial charge is 0.494 e. The Morgan fingerprint density at radius 1 is 1.00 bits per heavy atom. The molecule has 0 atom stereocenters. The molecule has 0 aliphatic carbocycles. The number of hydrogen-bond acceptors (Lipinski definition) is 3. The van der Waals surface area contributed by atoms with Gasteiger partial charge >= 0.3 is 0 Å². The summed E-state index contributed by atoms with van der Waals surface area (Å²) in [5, 5.41) is 1.65. The molecule has 3 nitrogen and oxygen atoms in total. The van der Waals surface area contributed by atoms with Gasteiger partial charge in [-0.1, -0.05) is 61.5 Å². The highest BCUT2D eigenvalue weighted by Crippen LogP contribution is 2.32. The van der Waals surface area contributed by atoms with Crippen LogP contribution >= 0.6 is 35.8 Å². The maximum absolute atomic E-state index is 6.30. The van der Waals surface area contributed by atoms with Gasteiger partial charge in [0.1, 0.15) is 5.75 Å². The predicted octanol–water partition coefficient (Wildman–Crippen LogP) is 7.92. The third-order valence-electron chi connectivity index (χ3n) is 5.01. The molecule has 4 aromatic rings. The zero-order valence-electron chi connectivity index (χ0n) is 17.8. The van der Waals surface area contributed by atoms with Crippen molar-refractivity contribution < 1.29 is 4.74 Å².